The van der Waals surface area contributed by atoms with Crippen LogP contribution < -0.4 is 16.0 Å². The van der Waals surface area contributed by atoms with Crippen LogP contribution in [0.5, 0.6) is 0 Å². The fourth-order valence-electron chi connectivity index (χ4n) is 3.88. The van der Waals surface area contributed by atoms with Gasteiger partial charge in [-0.2, -0.15) is 0 Å². The number of benzene rings is 2. The van der Waals surface area contributed by atoms with E-state index < -0.39 is 11.6 Å². The molecule has 8 heteroatoms. The van der Waals surface area contributed by atoms with Crippen LogP contribution in [0.25, 0.3) is 0 Å². The number of amides is 4. The summed E-state index contributed by atoms with van der Waals surface area (Å²) < 4.78 is 0. The lowest BCUT2D eigenvalue weighted by Gasteiger charge is -2.21. The van der Waals surface area contributed by atoms with E-state index in [1.54, 1.807) is 13.0 Å². The van der Waals surface area contributed by atoms with Crippen molar-refractivity contribution in [3.8, 4) is 0 Å². The molecule has 2 atom stereocenters. The number of likely N-dealkylation sites (tertiary alicyclic amines) is 1. The van der Waals surface area contributed by atoms with Gasteiger partial charge in [-0.3, -0.25) is 19.8 Å². The molecule has 0 aromatic heterocycles. The summed E-state index contributed by atoms with van der Waals surface area (Å²) in [5, 5.41) is 8.08. The molecule has 0 aliphatic carbocycles. The van der Waals surface area contributed by atoms with Gasteiger partial charge in [-0.05, 0) is 31.0 Å². The second-order valence-corrected chi connectivity index (χ2v) is 9.22. The summed E-state index contributed by atoms with van der Waals surface area (Å²) in [6.45, 7) is 4.33. The van der Waals surface area contributed by atoms with E-state index in [1.165, 1.54) is 17.3 Å². The van der Waals surface area contributed by atoms with Crippen molar-refractivity contribution < 1.29 is 14.4 Å². The van der Waals surface area contributed by atoms with Crippen molar-refractivity contribution in [3.05, 3.63) is 65.7 Å². The molecule has 0 unspecified atom stereocenters. The average molecular weight is 439 g/mol. The van der Waals surface area contributed by atoms with Crippen LogP contribution in [0.4, 0.5) is 4.79 Å². The number of thioether (sulfide) groups is 1. The molecular formula is C23H26N4O3S. The van der Waals surface area contributed by atoms with Crippen LogP contribution >= 0.6 is 11.8 Å². The maximum absolute atomic E-state index is 13.0. The molecule has 2 aromatic rings. The number of carbonyl (C=O) groups is 3. The lowest BCUT2D eigenvalue weighted by Crippen LogP contribution is -2.46. The highest BCUT2D eigenvalue weighted by molar-refractivity contribution is 7.99. The van der Waals surface area contributed by atoms with Gasteiger partial charge < -0.3 is 10.6 Å². The van der Waals surface area contributed by atoms with E-state index >= 15 is 0 Å². The Morgan fingerprint density at radius 3 is 2.65 bits per heavy atom. The molecule has 2 aliphatic heterocycles. The maximum atomic E-state index is 13.0. The molecular weight excluding hydrogens is 412 g/mol. The number of nitrogens with zero attached hydrogens (tertiary/aromatic N) is 1. The lowest BCUT2D eigenvalue weighted by molar-refractivity contribution is -0.122. The van der Waals surface area contributed by atoms with Gasteiger partial charge in [0, 0.05) is 36.3 Å². The Bertz CT molecular complexity index is 984. The van der Waals surface area contributed by atoms with Gasteiger partial charge in [0.1, 0.15) is 5.54 Å². The van der Waals surface area contributed by atoms with E-state index in [2.05, 4.69) is 33.0 Å². The zero-order valence-corrected chi connectivity index (χ0v) is 18.2. The summed E-state index contributed by atoms with van der Waals surface area (Å²) in [7, 11) is 0. The molecule has 4 amide bonds. The van der Waals surface area contributed by atoms with Crippen LogP contribution in [0.2, 0.25) is 0 Å². The highest BCUT2D eigenvalue weighted by Crippen LogP contribution is 2.28. The maximum Gasteiger partial charge on any atom is 0.322 e. The predicted molar refractivity (Wildman–Crippen MR) is 120 cm³/mol. The molecule has 31 heavy (non-hydrogen) atoms. The van der Waals surface area contributed by atoms with Crippen LogP contribution in [-0.4, -0.2) is 53.2 Å². The molecule has 2 heterocycles. The number of hydrogen-bond acceptors (Lipinski definition) is 5. The van der Waals surface area contributed by atoms with Gasteiger partial charge in [0.2, 0.25) is 0 Å². The van der Waals surface area contributed by atoms with E-state index in [9.17, 15) is 14.4 Å². The average Bonchev–Trinajstić information content (AvgIpc) is 3.30. The Hall–Kier alpha value is -2.84. The molecule has 0 spiro atoms. The van der Waals surface area contributed by atoms with Gasteiger partial charge in [-0.1, -0.05) is 42.5 Å². The van der Waals surface area contributed by atoms with Crippen LogP contribution in [0.1, 0.15) is 29.3 Å². The van der Waals surface area contributed by atoms with Crippen molar-refractivity contribution >= 4 is 29.6 Å². The van der Waals surface area contributed by atoms with E-state index in [0.29, 0.717) is 11.3 Å². The predicted octanol–water partition coefficient (Wildman–Crippen LogP) is 2.38. The largest absolute Gasteiger partial charge is 0.348 e. The van der Waals surface area contributed by atoms with Crippen molar-refractivity contribution in [2.24, 2.45) is 0 Å². The molecule has 2 aliphatic rings. The topological polar surface area (TPSA) is 90.5 Å². The molecule has 162 valence electrons. The van der Waals surface area contributed by atoms with Crippen molar-refractivity contribution in [2.75, 3.05) is 18.8 Å². The summed E-state index contributed by atoms with van der Waals surface area (Å²) in [5.74, 6) is -0.125. The van der Waals surface area contributed by atoms with Crippen molar-refractivity contribution in [2.45, 2.75) is 36.4 Å². The van der Waals surface area contributed by atoms with Crippen molar-refractivity contribution in [1.82, 2.24) is 20.9 Å². The summed E-state index contributed by atoms with van der Waals surface area (Å²) in [5.41, 5.74) is 0.865. The number of hydrogen-bond donors (Lipinski definition) is 3. The normalized spacial score (nSPS) is 23.5. The first-order chi connectivity index (χ1) is 14.9. The Kier molecular flexibility index (Phi) is 6.29. The number of rotatable bonds is 7. The number of nitrogens with one attached hydrogen (secondary N) is 3. The van der Waals surface area contributed by atoms with Gasteiger partial charge in [0.15, 0.2) is 0 Å². The summed E-state index contributed by atoms with van der Waals surface area (Å²) >= 11 is 1.39. The Labute approximate surface area is 186 Å². The zero-order chi connectivity index (χ0) is 21.8. The standard InChI is InChI=1S/C23H26N4O3S/c1-23(21(29)25-22(30)26-23)15-31-19-10-6-5-9-18(19)20(28)24-17-11-12-27(14-17)13-16-7-3-2-4-8-16/h2-10,17H,11-15H2,1H3,(H,24,28)(H2,25,26,29,30)/t17-,23+/m1/s1. The molecule has 0 bridgehead atoms. The minimum atomic E-state index is -0.991. The SMILES string of the molecule is C[C@@]1(CSc2ccccc2C(=O)N[C@@H]2CCN(Cc3ccccc3)C2)NC(=O)NC1=O. The molecule has 2 fully saturated rings. The van der Waals surface area contributed by atoms with E-state index in [1.807, 2.05) is 36.4 Å². The fraction of sp³-hybridized carbons (Fsp3) is 0.348. The molecule has 4 rings (SSSR count). The highest BCUT2D eigenvalue weighted by atomic mass is 32.2. The van der Waals surface area contributed by atoms with Gasteiger partial charge in [0.25, 0.3) is 11.8 Å². The third kappa shape index (κ3) is 5.08. The third-order valence-corrected chi connectivity index (χ3v) is 7.01. The Balaban J connectivity index is 1.35. The number of carbonyl (C=O) groups excluding carboxylic acids is 3. The summed E-state index contributed by atoms with van der Waals surface area (Å²) in [4.78, 5) is 39.6. The smallest absolute Gasteiger partial charge is 0.322 e. The quantitative estimate of drug-likeness (QED) is 0.456. The van der Waals surface area contributed by atoms with Crippen LogP contribution in [0.15, 0.2) is 59.5 Å². The second-order valence-electron chi connectivity index (χ2n) is 8.20. The minimum absolute atomic E-state index is 0.103. The molecule has 3 N–H and O–H groups in total. The van der Waals surface area contributed by atoms with Gasteiger partial charge in [0.05, 0.1) is 5.56 Å². The Morgan fingerprint density at radius 1 is 1.16 bits per heavy atom. The van der Waals surface area contributed by atoms with Crippen molar-refractivity contribution in [3.63, 3.8) is 0 Å². The fourth-order valence-corrected chi connectivity index (χ4v) is 5.02. The first-order valence-electron chi connectivity index (χ1n) is 10.4. The molecule has 7 nitrogen and oxygen atoms in total. The first kappa shape index (κ1) is 21.4. The summed E-state index contributed by atoms with van der Waals surface area (Å²) in [6, 6.07) is 17.3. The second kappa shape index (κ2) is 9.11. The number of imide groups is 1. The van der Waals surface area contributed by atoms with E-state index in [-0.39, 0.29) is 17.9 Å². The van der Waals surface area contributed by atoms with E-state index in [4.69, 9.17) is 0 Å². The van der Waals surface area contributed by atoms with Crippen LogP contribution in [0.3, 0.4) is 0 Å². The van der Waals surface area contributed by atoms with E-state index in [0.717, 1.165) is 31.0 Å². The van der Waals surface area contributed by atoms with Crippen molar-refractivity contribution in [1.29, 1.82) is 0 Å². The lowest BCUT2D eigenvalue weighted by atomic mass is 10.1. The zero-order valence-electron chi connectivity index (χ0n) is 17.4. The van der Waals surface area contributed by atoms with Crippen LogP contribution in [0, 0.1) is 0 Å². The van der Waals surface area contributed by atoms with Gasteiger partial charge >= 0.3 is 6.03 Å². The molecule has 0 saturated carbocycles. The molecule has 2 saturated heterocycles. The first-order valence-corrected chi connectivity index (χ1v) is 11.3. The Morgan fingerprint density at radius 2 is 1.90 bits per heavy atom. The third-order valence-electron chi connectivity index (χ3n) is 5.62. The number of urea groups is 1. The van der Waals surface area contributed by atoms with Gasteiger partial charge in [-0.15, -0.1) is 11.8 Å². The van der Waals surface area contributed by atoms with Gasteiger partial charge in [-0.25, -0.2) is 4.79 Å². The monoisotopic (exact) mass is 438 g/mol. The minimum Gasteiger partial charge on any atom is -0.348 e. The van der Waals surface area contributed by atoms with Crippen LogP contribution in [-0.2, 0) is 11.3 Å². The molecule has 2 aromatic carbocycles. The molecule has 0 radical (unpaired) electrons. The summed E-state index contributed by atoms with van der Waals surface area (Å²) in [6.07, 6.45) is 0.915. The highest BCUT2D eigenvalue weighted by Gasteiger charge is 2.42.